The predicted octanol–water partition coefficient (Wildman–Crippen LogP) is 2.76. The van der Waals surface area contributed by atoms with Crippen molar-refractivity contribution < 1.29 is 24.2 Å². The highest BCUT2D eigenvalue weighted by atomic mass is 18.2. The Bertz CT molecular complexity index is 687. The average Bonchev–Trinajstić information content (AvgIpc) is 2.86. The molecule has 0 heterocycles. The summed E-state index contributed by atoms with van der Waals surface area (Å²) in [4.78, 5) is 24.1. The monoisotopic (exact) mass is 363 g/mol. The van der Waals surface area contributed by atoms with Crippen molar-refractivity contribution in [3.63, 3.8) is 0 Å². The molecule has 2 N–H and O–H groups in total. The van der Waals surface area contributed by atoms with Crippen molar-refractivity contribution in [3.05, 3.63) is 11.6 Å². The van der Waals surface area contributed by atoms with Crippen LogP contribution in [0.1, 0.15) is 58.8 Å². The number of aliphatic hydroxyl groups excluding tert-OH is 1. The molecule has 3 saturated carbocycles. The Morgan fingerprint density at radius 1 is 1.27 bits per heavy atom. The van der Waals surface area contributed by atoms with Crippen LogP contribution in [0.3, 0.4) is 0 Å². The average molecular weight is 363 g/mol. The molecule has 4 aliphatic rings. The standard InChI is InChI=1S/C21H29FO4/c1-19-7-5-13(23)9-12(19)3-4-14-15-6-8-21(26,17(25)11-22)20(15,2)10-16(24)18(14)19/h9,14-16,18,24,26H,3-8,10-11H2,1-2H3/t14?,15?,16-,18?,19-,20-,21-/m0/s1/i22-1. The van der Waals surface area contributed by atoms with Crippen molar-refractivity contribution in [1.29, 1.82) is 0 Å². The van der Waals surface area contributed by atoms with Crippen LogP contribution in [0.4, 0.5) is 4.39 Å². The molecule has 0 saturated heterocycles. The van der Waals surface area contributed by atoms with Crippen LogP contribution in [0.15, 0.2) is 11.6 Å². The van der Waals surface area contributed by atoms with E-state index in [4.69, 9.17) is 0 Å². The molecule has 3 unspecified atom stereocenters. The van der Waals surface area contributed by atoms with Crippen LogP contribution in [0, 0.1) is 28.6 Å². The lowest BCUT2D eigenvalue weighted by atomic mass is 9.45. The zero-order chi connectivity index (χ0) is 18.9. The van der Waals surface area contributed by atoms with E-state index in [1.54, 1.807) is 6.08 Å². The van der Waals surface area contributed by atoms with Crippen LogP contribution in [-0.4, -0.2) is 40.2 Å². The molecule has 4 rings (SSSR count). The first-order valence-electron chi connectivity index (χ1n) is 9.91. The Balaban J connectivity index is 1.74. The third-order valence-corrected chi connectivity index (χ3v) is 8.63. The first-order valence-corrected chi connectivity index (χ1v) is 9.91. The number of carbonyl (C=O) groups excluding carboxylic acids is 2. The molecule has 0 aromatic carbocycles. The summed E-state index contributed by atoms with van der Waals surface area (Å²) in [5.74, 6) is -0.224. The molecule has 26 heavy (non-hydrogen) atoms. The van der Waals surface area contributed by atoms with Gasteiger partial charge in [-0.3, -0.25) is 9.59 Å². The number of carbonyl (C=O) groups is 2. The summed E-state index contributed by atoms with van der Waals surface area (Å²) in [6, 6.07) is 0. The zero-order valence-corrected chi connectivity index (χ0v) is 15.6. The fraction of sp³-hybridized carbons (Fsp3) is 0.810. The van der Waals surface area contributed by atoms with E-state index in [1.807, 2.05) is 6.92 Å². The van der Waals surface area contributed by atoms with Gasteiger partial charge in [0.2, 0.25) is 0 Å². The highest BCUT2D eigenvalue weighted by Crippen LogP contribution is 2.67. The van der Waals surface area contributed by atoms with E-state index in [0.29, 0.717) is 19.3 Å². The third kappa shape index (κ3) is 2.13. The van der Waals surface area contributed by atoms with Crippen molar-refractivity contribution in [2.45, 2.75) is 70.5 Å². The van der Waals surface area contributed by atoms with Crippen LogP contribution in [0.2, 0.25) is 0 Å². The SMILES string of the molecule is C[C@]12CCC(=O)C=C1CCC1C2[C@@H](O)C[C@@]2(C)C1CC[C@]2(O)C(=O)C[18F]. The van der Waals surface area contributed by atoms with Gasteiger partial charge in [-0.25, -0.2) is 4.39 Å². The molecule has 0 bridgehead atoms. The summed E-state index contributed by atoms with van der Waals surface area (Å²) >= 11 is 0. The molecule has 0 aromatic heterocycles. The number of rotatable bonds is 2. The van der Waals surface area contributed by atoms with Crippen LogP contribution in [0.5, 0.6) is 0 Å². The summed E-state index contributed by atoms with van der Waals surface area (Å²) in [6.07, 6.45) is 5.39. The van der Waals surface area contributed by atoms with Gasteiger partial charge >= 0.3 is 0 Å². The second-order valence-electron chi connectivity index (χ2n) is 9.53. The van der Waals surface area contributed by atoms with Gasteiger partial charge in [-0.1, -0.05) is 19.4 Å². The Labute approximate surface area is 153 Å². The van der Waals surface area contributed by atoms with Crippen molar-refractivity contribution >= 4 is 11.6 Å². The van der Waals surface area contributed by atoms with Gasteiger partial charge in [0, 0.05) is 11.8 Å². The molecule has 7 atom stereocenters. The first-order chi connectivity index (χ1) is 12.2. The summed E-state index contributed by atoms with van der Waals surface area (Å²) < 4.78 is 13.2. The maximum atomic E-state index is 13.2. The van der Waals surface area contributed by atoms with Crippen LogP contribution < -0.4 is 0 Å². The van der Waals surface area contributed by atoms with E-state index in [1.165, 1.54) is 0 Å². The number of hydrogen-bond acceptors (Lipinski definition) is 4. The summed E-state index contributed by atoms with van der Waals surface area (Å²) in [7, 11) is 0. The van der Waals surface area contributed by atoms with Crippen molar-refractivity contribution in [2.75, 3.05) is 6.67 Å². The number of fused-ring (bicyclic) bond motifs is 5. The van der Waals surface area contributed by atoms with Gasteiger partial charge in [-0.2, -0.15) is 0 Å². The highest BCUT2D eigenvalue weighted by molar-refractivity contribution is 5.91. The van der Waals surface area contributed by atoms with Gasteiger partial charge in [-0.05, 0) is 67.8 Å². The van der Waals surface area contributed by atoms with Crippen molar-refractivity contribution in [1.82, 2.24) is 0 Å². The van der Waals surface area contributed by atoms with E-state index in [2.05, 4.69) is 6.92 Å². The molecule has 3 fully saturated rings. The zero-order valence-electron chi connectivity index (χ0n) is 15.6. The Morgan fingerprint density at radius 2 is 2.00 bits per heavy atom. The number of aliphatic hydroxyl groups is 2. The normalized spacial score (nSPS) is 50.5. The van der Waals surface area contributed by atoms with E-state index in [-0.39, 0.29) is 35.4 Å². The molecule has 5 heteroatoms. The van der Waals surface area contributed by atoms with Gasteiger partial charge in [0.25, 0.3) is 0 Å². The molecule has 144 valence electrons. The van der Waals surface area contributed by atoms with Crippen LogP contribution in [-0.2, 0) is 9.59 Å². The van der Waals surface area contributed by atoms with E-state index in [0.717, 1.165) is 24.8 Å². The molecule has 0 aromatic rings. The molecule has 4 aliphatic carbocycles. The van der Waals surface area contributed by atoms with E-state index in [9.17, 15) is 24.2 Å². The molecule has 0 amide bonds. The third-order valence-electron chi connectivity index (χ3n) is 8.63. The maximum absolute atomic E-state index is 13.2. The molecule has 4 nitrogen and oxygen atoms in total. The number of Topliss-reactive ketones (excluding diaryl/α,β-unsaturated/α-hetero) is 1. The lowest BCUT2D eigenvalue weighted by molar-refractivity contribution is -0.181. The van der Waals surface area contributed by atoms with Crippen molar-refractivity contribution in [3.8, 4) is 0 Å². The number of ketones is 2. The Morgan fingerprint density at radius 3 is 2.69 bits per heavy atom. The van der Waals surface area contributed by atoms with Gasteiger partial charge in [0.15, 0.2) is 18.2 Å². The number of halogens is 1. The minimum atomic E-state index is -1.67. The molecule has 0 aliphatic heterocycles. The quantitative estimate of drug-likeness (QED) is 0.791. The fourth-order valence-corrected chi connectivity index (χ4v) is 7.26. The minimum absolute atomic E-state index is 0.0384. The topological polar surface area (TPSA) is 74.6 Å². The largest absolute Gasteiger partial charge is 0.393 e. The van der Waals surface area contributed by atoms with Gasteiger partial charge in [0.05, 0.1) is 6.10 Å². The number of alkyl halides is 1. The van der Waals surface area contributed by atoms with E-state index < -0.39 is 29.6 Å². The molecule has 0 radical (unpaired) electrons. The van der Waals surface area contributed by atoms with Crippen molar-refractivity contribution in [2.24, 2.45) is 28.6 Å². The summed E-state index contributed by atoms with van der Waals surface area (Å²) in [5.41, 5.74) is -1.48. The highest BCUT2D eigenvalue weighted by Gasteiger charge is 2.68. The smallest absolute Gasteiger partial charge is 0.195 e. The van der Waals surface area contributed by atoms with Gasteiger partial charge in [-0.15, -0.1) is 0 Å². The van der Waals surface area contributed by atoms with Crippen LogP contribution in [0.25, 0.3) is 0 Å². The van der Waals surface area contributed by atoms with E-state index >= 15 is 0 Å². The molecular formula is C21H29FO4. The van der Waals surface area contributed by atoms with Gasteiger partial charge < -0.3 is 10.2 Å². The maximum Gasteiger partial charge on any atom is 0.195 e. The lowest BCUT2D eigenvalue weighted by Gasteiger charge is -2.60. The van der Waals surface area contributed by atoms with Gasteiger partial charge in [0.1, 0.15) is 5.60 Å². The molecule has 0 spiro atoms. The minimum Gasteiger partial charge on any atom is -0.393 e. The second-order valence-corrected chi connectivity index (χ2v) is 9.53. The fourth-order valence-electron chi connectivity index (χ4n) is 7.26. The summed E-state index contributed by atoms with van der Waals surface area (Å²) in [5, 5.41) is 22.2. The predicted molar refractivity (Wildman–Crippen MR) is 94.0 cm³/mol. The second kappa shape index (κ2) is 5.71. The number of hydrogen-bond donors (Lipinski definition) is 2. The van der Waals surface area contributed by atoms with Crippen LogP contribution >= 0.6 is 0 Å². The summed E-state index contributed by atoms with van der Waals surface area (Å²) in [6.45, 7) is 2.88. The number of allylic oxidation sites excluding steroid dienone is 1. The molecular weight excluding hydrogens is 334 g/mol. The lowest BCUT2D eigenvalue weighted by Crippen LogP contribution is -2.61. The Kier molecular flexibility index (Phi) is 4.02. The first kappa shape index (κ1) is 18.3. The Hall–Kier alpha value is -1.07.